The van der Waals surface area contributed by atoms with Gasteiger partial charge in [0.2, 0.25) is 0 Å². The standard InChI is InChI=1S/C25H24N2O7S.Na/c1-16-11-22(34-35(3,30)31)12-17(2)23(16)20-6-4-5-19(13-20)15-32-21-9-7-18(8-10-21)14-27-24(28)26-25(29)33-27;/h4-13H,14-15H2,1-3H3,(H,26,28,29);/q;+1/p-1. The molecule has 0 bridgehead atoms. The molecule has 4 aromatic rings. The summed E-state index contributed by atoms with van der Waals surface area (Å²) in [5, 5.41) is 0. The van der Waals surface area contributed by atoms with Crippen LogP contribution in [0, 0.1) is 13.8 Å². The third-order valence-electron chi connectivity index (χ3n) is 5.21. The molecular weight excluding hydrogens is 495 g/mol. The Balaban J connectivity index is 0.00000361. The zero-order chi connectivity index (χ0) is 25.2. The fraction of sp³-hybridized carbons (Fsp3) is 0.200. The second-order valence-corrected chi connectivity index (χ2v) is 9.72. The van der Waals surface area contributed by atoms with Gasteiger partial charge in [-0.15, -0.1) is 0 Å². The summed E-state index contributed by atoms with van der Waals surface area (Å²) < 4.78 is 39.5. The Bertz CT molecular complexity index is 1560. The Morgan fingerprint density at radius 3 is 2.17 bits per heavy atom. The van der Waals surface area contributed by atoms with Crippen molar-refractivity contribution < 1.29 is 51.4 Å². The van der Waals surface area contributed by atoms with Crippen LogP contribution in [-0.2, 0) is 23.3 Å². The van der Waals surface area contributed by atoms with Gasteiger partial charge in [-0.2, -0.15) is 8.42 Å². The minimum atomic E-state index is -3.60. The van der Waals surface area contributed by atoms with E-state index in [1.54, 1.807) is 36.4 Å². The summed E-state index contributed by atoms with van der Waals surface area (Å²) in [5.74, 6) is 0.0137. The fourth-order valence-corrected chi connectivity index (χ4v) is 4.28. The monoisotopic (exact) mass is 518 g/mol. The van der Waals surface area contributed by atoms with Gasteiger partial charge in [0.05, 0.1) is 6.26 Å². The van der Waals surface area contributed by atoms with E-state index >= 15 is 0 Å². The number of hydrogen-bond donors (Lipinski definition) is 0. The van der Waals surface area contributed by atoms with Crippen LogP contribution in [0.1, 0.15) is 22.3 Å². The first kappa shape index (κ1) is 27.5. The van der Waals surface area contributed by atoms with Gasteiger partial charge < -0.3 is 18.4 Å². The van der Waals surface area contributed by atoms with E-state index < -0.39 is 21.6 Å². The van der Waals surface area contributed by atoms with Gasteiger partial charge >= 0.3 is 45.4 Å². The summed E-state index contributed by atoms with van der Waals surface area (Å²) in [6.45, 7) is 4.25. The van der Waals surface area contributed by atoms with Crippen LogP contribution in [0.3, 0.4) is 0 Å². The quantitative estimate of drug-likeness (QED) is 0.237. The minimum Gasteiger partial charge on any atom is -0.489 e. The average molecular weight is 519 g/mol. The molecule has 3 aromatic carbocycles. The van der Waals surface area contributed by atoms with Gasteiger partial charge in [-0.3, -0.25) is 9.53 Å². The summed E-state index contributed by atoms with van der Waals surface area (Å²) in [4.78, 5) is 25.7. The molecule has 0 aliphatic rings. The maximum Gasteiger partial charge on any atom is 1.00 e. The van der Waals surface area contributed by atoms with E-state index in [1.165, 1.54) is 0 Å². The van der Waals surface area contributed by atoms with Gasteiger partial charge in [0, 0.05) is 6.54 Å². The van der Waals surface area contributed by atoms with Gasteiger partial charge in [-0.25, -0.2) is 4.79 Å². The van der Waals surface area contributed by atoms with Gasteiger partial charge in [0.25, 0.3) is 0 Å². The van der Waals surface area contributed by atoms with E-state index in [0.717, 1.165) is 44.4 Å². The van der Waals surface area contributed by atoms with Gasteiger partial charge in [-0.05, 0) is 77.6 Å². The predicted molar refractivity (Wildman–Crippen MR) is 129 cm³/mol. The van der Waals surface area contributed by atoms with Crippen LogP contribution in [0.25, 0.3) is 11.1 Å². The number of nitrogens with zero attached hydrogens (tertiary/aromatic N) is 2. The molecule has 0 unspecified atom stereocenters. The van der Waals surface area contributed by atoms with Crippen molar-refractivity contribution in [1.29, 1.82) is 0 Å². The van der Waals surface area contributed by atoms with E-state index in [9.17, 15) is 18.0 Å². The molecule has 0 saturated heterocycles. The molecule has 0 spiro atoms. The number of rotatable bonds is 8. The topological polar surface area (TPSA) is 119 Å². The van der Waals surface area contributed by atoms with Gasteiger partial charge in [-0.1, -0.05) is 30.3 Å². The third kappa shape index (κ3) is 7.01. The third-order valence-corrected chi connectivity index (χ3v) is 5.71. The second-order valence-electron chi connectivity index (χ2n) is 8.14. The molecule has 0 radical (unpaired) electrons. The van der Waals surface area contributed by atoms with Gasteiger partial charge in [0.1, 0.15) is 18.1 Å². The Morgan fingerprint density at radius 1 is 0.917 bits per heavy atom. The smallest absolute Gasteiger partial charge is 0.489 e. The Labute approximate surface area is 230 Å². The summed E-state index contributed by atoms with van der Waals surface area (Å²) >= 11 is 0. The van der Waals surface area contributed by atoms with Crippen molar-refractivity contribution in [3.05, 3.63) is 104 Å². The number of benzene rings is 3. The molecule has 0 amide bonds. The predicted octanol–water partition coefficient (Wildman–Crippen LogP) is 0.0122. The number of aryl methyl sites for hydroxylation is 2. The van der Waals surface area contributed by atoms with E-state index in [1.807, 2.05) is 38.1 Å². The van der Waals surface area contributed by atoms with E-state index in [0.29, 0.717) is 12.4 Å². The molecule has 182 valence electrons. The maximum atomic E-state index is 11.5. The number of aromatic nitrogens is 2. The van der Waals surface area contributed by atoms with Crippen molar-refractivity contribution in [3.63, 3.8) is 0 Å². The van der Waals surface area contributed by atoms with Crippen molar-refractivity contribution in [2.45, 2.75) is 27.0 Å². The fourth-order valence-electron chi connectivity index (χ4n) is 3.83. The van der Waals surface area contributed by atoms with Crippen LogP contribution >= 0.6 is 0 Å². The Hall–Kier alpha value is -3.05. The SMILES string of the molecule is Cc1cc(OS(C)(=O)=O)cc(C)c1-c1cccc(COc2ccc(Cn3oc(=O)[n-]c3=O)cc2)c1.[Na+]. The first-order valence-electron chi connectivity index (χ1n) is 10.6. The summed E-state index contributed by atoms with van der Waals surface area (Å²) in [6, 6.07) is 18.4. The molecule has 1 heterocycles. The van der Waals surface area contributed by atoms with Crippen LogP contribution in [0.2, 0.25) is 0 Å². The molecular formula is C25H23N2NaO7S. The maximum absolute atomic E-state index is 11.5. The largest absolute Gasteiger partial charge is 1.00 e. The van der Waals surface area contributed by atoms with Crippen LogP contribution in [-0.4, -0.2) is 19.4 Å². The van der Waals surface area contributed by atoms with Crippen LogP contribution in [0.5, 0.6) is 11.5 Å². The van der Waals surface area contributed by atoms with E-state index in [2.05, 4.69) is 4.98 Å². The van der Waals surface area contributed by atoms with E-state index in [4.69, 9.17) is 13.4 Å². The second kappa shape index (κ2) is 11.3. The van der Waals surface area contributed by atoms with Crippen molar-refractivity contribution in [3.8, 4) is 22.6 Å². The molecule has 0 fully saturated rings. The van der Waals surface area contributed by atoms with Crippen molar-refractivity contribution >= 4 is 10.1 Å². The first-order chi connectivity index (χ1) is 16.6. The molecule has 0 aliphatic carbocycles. The Morgan fingerprint density at radius 2 is 1.58 bits per heavy atom. The van der Waals surface area contributed by atoms with Crippen LogP contribution < -0.4 is 54.9 Å². The molecule has 0 atom stereocenters. The molecule has 4 rings (SSSR count). The van der Waals surface area contributed by atoms with Crippen LogP contribution in [0.4, 0.5) is 0 Å². The molecule has 0 saturated carbocycles. The number of ether oxygens (including phenoxy) is 1. The van der Waals surface area contributed by atoms with Crippen molar-refractivity contribution in [2.24, 2.45) is 0 Å². The van der Waals surface area contributed by atoms with Crippen molar-refractivity contribution in [2.75, 3.05) is 6.26 Å². The molecule has 9 nitrogen and oxygen atoms in total. The normalized spacial score (nSPS) is 11.1. The Kier molecular flexibility index (Phi) is 8.67. The molecule has 11 heteroatoms. The average Bonchev–Trinajstić information content (AvgIpc) is 3.08. The van der Waals surface area contributed by atoms with Crippen molar-refractivity contribution in [1.82, 2.24) is 9.72 Å². The van der Waals surface area contributed by atoms with Crippen LogP contribution in [0.15, 0.2) is 74.8 Å². The minimum absolute atomic E-state index is 0. The van der Waals surface area contributed by atoms with E-state index in [-0.39, 0.29) is 41.9 Å². The molecule has 36 heavy (non-hydrogen) atoms. The summed E-state index contributed by atoms with van der Waals surface area (Å²) in [6.07, 6.45) is 1.02. The zero-order valence-corrected chi connectivity index (χ0v) is 23.2. The molecule has 0 N–H and O–H groups in total. The summed E-state index contributed by atoms with van der Waals surface area (Å²) in [7, 11) is -3.60. The summed E-state index contributed by atoms with van der Waals surface area (Å²) in [5.41, 5.74) is 4.77. The number of hydrogen-bond acceptors (Lipinski definition) is 7. The first-order valence-corrected chi connectivity index (χ1v) is 12.5. The molecule has 1 aromatic heterocycles. The van der Waals surface area contributed by atoms with Gasteiger partial charge in [0.15, 0.2) is 5.69 Å². The molecule has 0 aliphatic heterocycles. The zero-order valence-electron chi connectivity index (χ0n) is 20.3.